The molecule has 0 spiro atoms. The smallest absolute Gasteiger partial charge is 0.238 e. The van der Waals surface area contributed by atoms with Crippen LogP contribution < -0.4 is 5.32 Å². The van der Waals surface area contributed by atoms with Gasteiger partial charge in [0.25, 0.3) is 0 Å². The molecule has 2 rings (SSSR count). The highest BCUT2D eigenvalue weighted by atomic mass is 35.5. The van der Waals surface area contributed by atoms with Crippen LogP contribution in [0.15, 0.2) is 42.5 Å². The summed E-state index contributed by atoms with van der Waals surface area (Å²) in [5.41, 5.74) is 2.78. The van der Waals surface area contributed by atoms with Gasteiger partial charge in [-0.2, -0.15) is 0 Å². The van der Waals surface area contributed by atoms with E-state index in [-0.39, 0.29) is 12.5 Å². The maximum Gasteiger partial charge on any atom is 0.238 e. The fraction of sp³-hybridized carbons (Fsp3) is 0.235. The molecule has 0 radical (unpaired) electrons. The summed E-state index contributed by atoms with van der Waals surface area (Å²) in [5.74, 6) is -0.0602. The van der Waals surface area contributed by atoms with Crippen molar-refractivity contribution in [2.45, 2.75) is 13.5 Å². The molecule has 0 unspecified atom stereocenters. The number of nitrogens with one attached hydrogen (secondary N) is 1. The van der Waals surface area contributed by atoms with E-state index in [2.05, 4.69) is 5.32 Å². The van der Waals surface area contributed by atoms with Crippen molar-refractivity contribution in [2.75, 3.05) is 18.9 Å². The number of hydrogen-bond acceptors (Lipinski definition) is 2. The van der Waals surface area contributed by atoms with Gasteiger partial charge < -0.3 is 5.32 Å². The first-order valence-corrected chi connectivity index (χ1v) is 7.70. The number of aryl methyl sites for hydroxylation is 1. The molecule has 0 aliphatic heterocycles. The number of likely N-dealkylation sites (N-methyl/N-ethyl adjacent to an activating group) is 1. The molecule has 1 N–H and O–H groups in total. The van der Waals surface area contributed by atoms with E-state index in [1.807, 2.05) is 55.3 Å². The van der Waals surface area contributed by atoms with Crippen molar-refractivity contribution >= 4 is 34.8 Å². The van der Waals surface area contributed by atoms with Gasteiger partial charge in [0.15, 0.2) is 0 Å². The van der Waals surface area contributed by atoms with E-state index in [0.717, 1.165) is 16.8 Å². The lowest BCUT2D eigenvalue weighted by Crippen LogP contribution is -2.30. The third kappa shape index (κ3) is 4.47. The van der Waals surface area contributed by atoms with Crippen molar-refractivity contribution in [3.63, 3.8) is 0 Å². The molecule has 0 saturated heterocycles. The summed E-state index contributed by atoms with van der Waals surface area (Å²) in [6, 6.07) is 13.2. The number of nitrogens with zero attached hydrogens (tertiary/aromatic N) is 1. The van der Waals surface area contributed by atoms with Gasteiger partial charge in [0.2, 0.25) is 5.91 Å². The number of benzene rings is 2. The number of halogens is 2. The van der Waals surface area contributed by atoms with Crippen LogP contribution in [0.4, 0.5) is 5.69 Å². The molecule has 3 nitrogen and oxygen atoms in total. The van der Waals surface area contributed by atoms with Gasteiger partial charge in [-0.1, -0.05) is 53.5 Å². The van der Waals surface area contributed by atoms with E-state index in [9.17, 15) is 4.79 Å². The van der Waals surface area contributed by atoms with Crippen LogP contribution in [0.5, 0.6) is 0 Å². The molecular formula is C17H18Cl2N2O. The number of rotatable bonds is 5. The Morgan fingerprint density at radius 1 is 1.14 bits per heavy atom. The maximum atomic E-state index is 12.1. The number of para-hydroxylation sites is 1. The summed E-state index contributed by atoms with van der Waals surface area (Å²) < 4.78 is 0. The zero-order valence-electron chi connectivity index (χ0n) is 12.6. The summed E-state index contributed by atoms with van der Waals surface area (Å²) >= 11 is 12.2. The first-order valence-electron chi connectivity index (χ1n) is 6.94. The Morgan fingerprint density at radius 3 is 2.59 bits per heavy atom. The van der Waals surface area contributed by atoms with Crippen LogP contribution in [-0.4, -0.2) is 24.4 Å². The molecule has 0 heterocycles. The van der Waals surface area contributed by atoms with Crippen molar-refractivity contribution in [1.82, 2.24) is 4.90 Å². The highest BCUT2D eigenvalue weighted by molar-refractivity contribution is 6.42. The number of carbonyl (C=O) groups excluding carboxylic acids is 1. The van der Waals surface area contributed by atoms with Gasteiger partial charge in [-0.15, -0.1) is 0 Å². The highest BCUT2D eigenvalue weighted by Gasteiger charge is 2.11. The summed E-state index contributed by atoms with van der Waals surface area (Å²) in [4.78, 5) is 14.0. The molecule has 0 atom stereocenters. The fourth-order valence-electron chi connectivity index (χ4n) is 2.17. The van der Waals surface area contributed by atoms with Gasteiger partial charge in [0, 0.05) is 12.2 Å². The van der Waals surface area contributed by atoms with Crippen molar-refractivity contribution in [1.29, 1.82) is 0 Å². The average Bonchev–Trinajstić information content (AvgIpc) is 2.46. The molecule has 0 bridgehead atoms. The van der Waals surface area contributed by atoms with Gasteiger partial charge in [-0.25, -0.2) is 0 Å². The zero-order valence-corrected chi connectivity index (χ0v) is 14.1. The number of anilines is 1. The Bertz CT molecular complexity index is 673. The van der Waals surface area contributed by atoms with Crippen LogP contribution in [0, 0.1) is 6.92 Å². The molecule has 0 aromatic heterocycles. The van der Waals surface area contributed by atoms with Crippen LogP contribution in [-0.2, 0) is 11.3 Å². The van der Waals surface area contributed by atoms with Crippen molar-refractivity contribution < 1.29 is 4.79 Å². The van der Waals surface area contributed by atoms with E-state index in [0.29, 0.717) is 16.6 Å². The second-order valence-corrected chi connectivity index (χ2v) is 6.03. The largest absolute Gasteiger partial charge is 0.325 e. The third-order valence-corrected chi connectivity index (χ3v) is 4.16. The Labute approximate surface area is 140 Å². The maximum absolute atomic E-state index is 12.1. The highest BCUT2D eigenvalue weighted by Crippen LogP contribution is 2.26. The molecule has 2 aromatic rings. The van der Waals surface area contributed by atoms with Crippen LogP contribution in [0.25, 0.3) is 0 Å². The lowest BCUT2D eigenvalue weighted by atomic mass is 10.2. The molecule has 5 heteroatoms. The molecule has 0 saturated carbocycles. The Morgan fingerprint density at radius 2 is 1.86 bits per heavy atom. The topological polar surface area (TPSA) is 32.3 Å². The monoisotopic (exact) mass is 336 g/mol. The Hall–Kier alpha value is -1.55. The third-order valence-electron chi connectivity index (χ3n) is 3.30. The summed E-state index contributed by atoms with van der Waals surface area (Å²) in [6.45, 7) is 2.79. The molecule has 116 valence electrons. The van der Waals surface area contributed by atoms with E-state index in [4.69, 9.17) is 23.2 Å². The van der Waals surface area contributed by atoms with Gasteiger partial charge in [-0.05, 0) is 37.2 Å². The average molecular weight is 337 g/mol. The van der Waals surface area contributed by atoms with Crippen LogP contribution in [0.3, 0.4) is 0 Å². The quantitative estimate of drug-likeness (QED) is 0.879. The second-order valence-electron chi connectivity index (χ2n) is 5.25. The summed E-state index contributed by atoms with van der Waals surface area (Å²) in [7, 11) is 1.87. The predicted octanol–water partition coefficient (Wildman–Crippen LogP) is 4.37. The predicted molar refractivity (Wildman–Crippen MR) is 92.6 cm³/mol. The normalized spacial score (nSPS) is 10.8. The lowest BCUT2D eigenvalue weighted by Gasteiger charge is -2.18. The van der Waals surface area contributed by atoms with Gasteiger partial charge in [0.1, 0.15) is 0 Å². The molecule has 0 aliphatic rings. The summed E-state index contributed by atoms with van der Waals surface area (Å²) in [5, 5.41) is 3.98. The van der Waals surface area contributed by atoms with E-state index >= 15 is 0 Å². The van der Waals surface area contributed by atoms with E-state index in [1.54, 1.807) is 6.07 Å². The minimum Gasteiger partial charge on any atom is -0.325 e. The molecule has 2 aromatic carbocycles. The molecule has 22 heavy (non-hydrogen) atoms. The van der Waals surface area contributed by atoms with Crippen molar-refractivity contribution in [3.8, 4) is 0 Å². The van der Waals surface area contributed by atoms with E-state index < -0.39 is 0 Å². The Balaban J connectivity index is 1.94. The number of carbonyl (C=O) groups is 1. The Kier molecular flexibility index (Phi) is 5.83. The minimum absolute atomic E-state index is 0.0602. The zero-order chi connectivity index (χ0) is 16.1. The lowest BCUT2D eigenvalue weighted by molar-refractivity contribution is -0.117. The van der Waals surface area contributed by atoms with Crippen molar-refractivity contribution in [2.24, 2.45) is 0 Å². The fourth-order valence-corrected chi connectivity index (χ4v) is 2.55. The summed E-state index contributed by atoms with van der Waals surface area (Å²) in [6.07, 6.45) is 0. The van der Waals surface area contributed by atoms with Crippen LogP contribution in [0.1, 0.15) is 11.1 Å². The van der Waals surface area contributed by atoms with Crippen LogP contribution in [0.2, 0.25) is 10.0 Å². The first-order chi connectivity index (χ1) is 10.5. The molecule has 0 fully saturated rings. The van der Waals surface area contributed by atoms with Gasteiger partial charge in [0.05, 0.1) is 16.6 Å². The van der Waals surface area contributed by atoms with E-state index in [1.165, 1.54) is 0 Å². The molecular weight excluding hydrogens is 319 g/mol. The van der Waals surface area contributed by atoms with Gasteiger partial charge in [-0.3, -0.25) is 9.69 Å². The first kappa shape index (κ1) is 16.8. The standard InChI is InChI=1S/C17H18Cl2N2O/c1-12-6-3-4-9-15(12)20-16(22)11-21(2)10-13-7-5-8-14(18)17(13)19/h3-9H,10-11H2,1-2H3,(H,20,22). The molecule has 1 amide bonds. The van der Waals surface area contributed by atoms with Gasteiger partial charge >= 0.3 is 0 Å². The number of hydrogen-bond donors (Lipinski definition) is 1. The second kappa shape index (κ2) is 7.63. The van der Waals surface area contributed by atoms with Crippen LogP contribution >= 0.6 is 23.2 Å². The number of amides is 1. The molecule has 0 aliphatic carbocycles. The van der Waals surface area contributed by atoms with Crippen molar-refractivity contribution in [3.05, 3.63) is 63.6 Å². The minimum atomic E-state index is -0.0602. The SMILES string of the molecule is Cc1ccccc1NC(=O)CN(C)Cc1cccc(Cl)c1Cl.